The molecule has 0 spiro atoms. The minimum absolute atomic E-state index is 0.231. The van der Waals surface area contributed by atoms with Crippen molar-refractivity contribution in [1.29, 1.82) is 0 Å². The molecule has 0 amide bonds. The first-order valence-corrected chi connectivity index (χ1v) is 6.07. The van der Waals surface area contributed by atoms with Crippen LogP contribution in [0.3, 0.4) is 0 Å². The Morgan fingerprint density at radius 2 is 2.00 bits per heavy atom. The number of nitrogens with one attached hydrogen (secondary N) is 1. The molecule has 0 unspecified atom stereocenters. The summed E-state index contributed by atoms with van der Waals surface area (Å²) < 4.78 is 6.01. The SMILES string of the molecule is CCCNCCC1(OC(C)C)CCC1. The van der Waals surface area contributed by atoms with Gasteiger partial charge < -0.3 is 10.1 Å². The molecule has 0 saturated heterocycles. The molecule has 0 heterocycles. The summed E-state index contributed by atoms with van der Waals surface area (Å²) in [5.41, 5.74) is 0.231. The van der Waals surface area contributed by atoms with Crippen LogP contribution in [0.2, 0.25) is 0 Å². The maximum absolute atomic E-state index is 6.01. The van der Waals surface area contributed by atoms with Gasteiger partial charge in [0.05, 0.1) is 11.7 Å². The standard InChI is InChI=1S/C12H25NO/c1-4-9-13-10-8-12(6-5-7-12)14-11(2)3/h11,13H,4-10H2,1-3H3. The lowest BCUT2D eigenvalue weighted by Crippen LogP contribution is -2.44. The molecule has 0 atom stereocenters. The number of hydrogen-bond acceptors (Lipinski definition) is 2. The zero-order chi connectivity index (χ0) is 10.4. The number of ether oxygens (including phenoxy) is 1. The van der Waals surface area contributed by atoms with E-state index < -0.39 is 0 Å². The smallest absolute Gasteiger partial charge is 0.0698 e. The monoisotopic (exact) mass is 199 g/mol. The van der Waals surface area contributed by atoms with Gasteiger partial charge in [0.1, 0.15) is 0 Å². The third-order valence-corrected chi connectivity index (χ3v) is 2.93. The highest BCUT2D eigenvalue weighted by atomic mass is 16.5. The van der Waals surface area contributed by atoms with E-state index in [4.69, 9.17) is 4.74 Å². The van der Waals surface area contributed by atoms with Crippen molar-refractivity contribution < 1.29 is 4.74 Å². The molecule has 0 radical (unpaired) electrons. The summed E-state index contributed by atoms with van der Waals surface area (Å²) in [6.45, 7) is 8.73. The highest BCUT2D eigenvalue weighted by Crippen LogP contribution is 2.39. The van der Waals surface area contributed by atoms with Gasteiger partial charge in [-0.1, -0.05) is 6.92 Å². The molecule has 2 nitrogen and oxygen atoms in total. The highest BCUT2D eigenvalue weighted by molar-refractivity contribution is 4.90. The molecule has 1 fully saturated rings. The molecule has 1 N–H and O–H groups in total. The summed E-state index contributed by atoms with van der Waals surface area (Å²) in [5, 5.41) is 3.45. The van der Waals surface area contributed by atoms with Crippen LogP contribution >= 0.6 is 0 Å². The van der Waals surface area contributed by atoms with Gasteiger partial charge in [-0.3, -0.25) is 0 Å². The van der Waals surface area contributed by atoms with Gasteiger partial charge in [-0.2, -0.15) is 0 Å². The van der Waals surface area contributed by atoms with E-state index in [0.29, 0.717) is 6.10 Å². The second-order valence-electron chi connectivity index (χ2n) is 4.70. The third-order valence-electron chi connectivity index (χ3n) is 2.93. The maximum Gasteiger partial charge on any atom is 0.0698 e. The van der Waals surface area contributed by atoms with Crippen molar-refractivity contribution in [3.63, 3.8) is 0 Å². The van der Waals surface area contributed by atoms with E-state index in [1.54, 1.807) is 0 Å². The van der Waals surface area contributed by atoms with Crippen molar-refractivity contribution in [1.82, 2.24) is 5.32 Å². The van der Waals surface area contributed by atoms with E-state index in [1.807, 2.05) is 0 Å². The van der Waals surface area contributed by atoms with E-state index in [1.165, 1.54) is 32.1 Å². The fourth-order valence-electron chi connectivity index (χ4n) is 2.12. The second kappa shape index (κ2) is 5.72. The average molecular weight is 199 g/mol. The Balaban J connectivity index is 2.17. The molecule has 1 saturated carbocycles. The van der Waals surface area contributed by atoms with Gasteiger partial charge in [-0.25, -0.2) is 0 Å². The Morgan fingerprint density at radius 1 is 1.29 bits per heavy atom. The molecule has 2 heteroatoms. The predicted molar refractivity (Wildman–Crippen MR) is 60.6 cm³/mol. The largest absolute Gasteiger partial charge is 0.372 e. The zero-order valence-electron chi connectivity index (χ0n) is 9.94. The molecule has 0 aromatic heterocycles. The van der Waals surface area contributed by atoms with E-state index >= 15 is 0 Å². The molecule has 0 aromatic rings. The van der Waals surface area contributed by atoms with E-state index in [9.17, 15) is 0 Å². The second-order valence-corrected chi connectivity index (χ2v) is 4.70. The van der Waals surface area contributed by atoms with Gasteiger partial charge >= 0.3 is 0 Å². The van der Waals surface area contributed by atoms with Gasteiger partial charge in [-0.05, 0) is 59.0 Å². The zero-order valence-corrected chi connectivity index (χ0v) is 9.94. The van der Waals surface area contributed by atoms with Crippen LogP contribution in [0.5, 0.6) is 0 Å². The first kappa shape index (κ1) is 12.0. The molecule has 1 aliphatic rings. The fourth-order valence-corrected chi connectivity index (χ4v) is 2.12. The molecular weight excluding hydrogens is 174 g/mol. The van der Waals surface area contributed by atoms with Gasteiger partial charge in [0.15, 0.2) is 0 Å². The Kier molecular flexibility index (Phi) is 4.90. The van der Waals surface area contributed by atoms with E-state index in [0.717, 1.165) is 13.1 Å². The van der Waals surface area contributed by atoms with Crippen molar-refractivity contribution in [2.75, 3.05) is 13.1 Å². The lowest BCUT2D eigenvalue weighted by Gasteiger charge is -2.43. The molecule has 0 aliphatic heterocycles. The predicted octanol–water partition coefficient (Wildman–Crippen LogP) is 2.72. The number of rotatable bonds is 7. The van der Waals surface area contributed by atoms with Crippen LogP contribution in [0, 0.1) is 0 Å². The van der Waals surface area contributed by atoms with Crippen LogP contribution in [0.4, 0.5) is 0 Å². The fraction of sp³-hybridized carbons (Fsp3) is 1.00. The van der Waals surface area contributed by atoms with Crippen LogP contribution < -0.4 is 5.32 Å². The summed E-state index contributed by atoms with van der Waals surface area (Å²) in [5.74, 6) is 0. The molecule has 1 rings (SSSR count). The van der Waals surface area contributed by atoms with Crippen LogP contribution in [0.1, 0.15) is 52.9 Å². The minimum Gasteiger partial charge on any atom is -0.372 e. The number of hydrogen-bond donors (Lipinski definition) is 1. The van der Waals surface area contributed by atoms with Crippen molar-refractivity contribution in [3.05, 3.63) is 0 Å². The van der Waals surface area contributed by atoms with Gasteiger partial charge in [0.2, 0.25) is 0 Å². The molecule has 84 valence electrons. The summed E-state index contributed by atoms with van der Waals surface area (Å²) in [6, 6.07) is 0. The summed E-state index contributed by atoms with van der Waals surface area (Å²) in [4.78, 5) is 0. The summed E-state index contributed by atoms with van der Waals surface area (Å²) in [6.07, 6.45) is 6.66. The van der Waals surface area contributed by atoms with Crippen LogP contribution in [0.15, 0.2) is 0 Å². The molecule has 0 bridgehead atoms. The van der Waals surface area contributed by atoms with E-state index in [2.05, 4.69) is 26.1 Å². The third kappa shape index (κ3) is 3.58. The van der Waals surface area contributed by atoms with Crippen LogP contribution in [-0.2, 0) is 4.74 Å². The highest BCUT2D eigenvalue weighted by Gasteiger charge is 2.37. The quantitative estimate of drug-likeness (QED) is 0.637. The lowest BCUT2D eigenvalue weighted by atomic mass is 9.77. The molecule has 1 aliphatic carbocycles. The van der Waals surface area contributed by atoms with E-state index in [-0.39, 0.29) is 5.60 Å². The molecule has 14 heavy (non-hydrogen) atoms. The van der Waals surface area contributed by atoms with Gasteiger partial charge in [0.25, 0.3) is 0 Å². The Bertz CT molecular complexity index is 152. The maximum atomic E-state index is 6.01. The van der Waals surface area contributed by atoms with Gasteiger partial charge in [-0.15, -0.1) is 0 Å². The van der Waals surface area contributed by atoms with Crippen molar-refractivity contribution in [2.24, 2.45) is 0 Å². The average Bonchev–Trinajstić information content (AvgIpc) is 2.07. The summed E-state index contributed by atoms with van der Waals surface area (Å²) >= 11 is 0. The molecule has 0 aromatic carbocycles. The van der Waals surface area contributed by atoms with Gasteiger partial charge in [0, 0.05) is 0 Å². The normalized spacial score (nSPS) is 19.7. The first-order valence-electron chi connectivity index (χ1n) is 6.07. The van der Waals surface area contributed by atoms with Crippen LogP contribution in [-0.4, -0.2) is 24.8 Å². The van der Waals surface area contributed by atoms with Crippen molar-refractivity contribution >= 4 is 0 Å². The molecular formula is C12H25NO. The lowest BCUT2D eigenvalue weighted by molar-refractivity contribution is -0.131. The Morgan fingerprint density at radius 3 is 2.43 bits per heavy atom. The van der Waals surface area contributed by atoms with Crippen molar-refractivity contribution in [3.8, 4) is 0 Å². The Hall–Kier alpha value is -0.0800. The van der Waals surface area contributed by atoms with Crippen LogP contribution in [0.25, 0.3) is 0 Å². The first-order chi connectivity index (χ1) is 6.68. The Labute approximate surface area is 88.4 Å². The minimum atomic E-state index is 0.231. The summed E-state index contributed by atoms with van der Waals surface area (Å²) in [7, 11) is 0. The van der Waals surface area contributed by atoms with Crippen molar-refractivity contribution in [2.45, 2.75) is 64.6 Å². The topological polar surface area (TPSA) is 21.3 Å².